The van der Waals surface area contributed by atoms with Crippen molar-refractivity contribution in [1.82, 2.24) is 14.7 Å². The molecule has 2 unspecified atom stereocenters. The van der Waals surface area contributed by atoms with Crippen molar-refractivity contribution in [2.75, 3.05) is 13.7 Å². The molecule has 0 aromatic carbocycles. The number of aromatic nitrogens is 2. The highest BCUT2D eigenvalue weighted by Gasteiger charge is 2.46. The number of rotatable bonds is 5. The van der Waals surface area contributed by atoms with E-state index in [0.717, 1.165) is 30.1 Å². The van der Waals surface area contributed by atoms with Gasteiger partial charge in [0.15, 0.2) is 4.34 Å². The number of likely N-dealkylation sites (N-methyl/N-ethyl adjacent to an activating group) is 1. The topological polar surface area (TPSA) is 64.1 Å². The van der Waals surface area contributed by atoms with Crippen LogP contribution in [0, 0.1) is 0 Å². The predicted octanol–water partition coefficient (Wildman–Crippen LogP) is 1.70. The van der Waals surface area contributed by atoms with Gasteiger partial charge in [0.2, 0.25) is 0 Å². The maximum Gasteiger partial charge on any atom is 0.326 e. The Balaban J connectivity index is 2.01. The molecule has 0 radical (unpaired) electrons. The third kappa shape index (κ3) is 2.84. The van der Waals surface area contributed by atoms with E-state index >= 15 is 0 Å². The molecule has 1 saturated carbocycles. The lowest BCUT2D eigenvalue weighted by Crippen LogP contribution is -2.50. The minimum Gasteiger partial charge on any atom is -0.468 e. The lowest BCUT2D eigenvalue weighted by atomic mass is 9.98. The summed E-state index contributed by atoms with van der Waals surface area (Å²) in [6.45, 7) is 2.78. The van der Waals surface area contributed by atoms with Crippen LogP contribution < -0.4 is 5.32 Å². The van der Waals surface area contributed by atoms with E-state index in [1.807, 2.05) is 6.92 Å². The minimum atomic E-state index is -0.508. The molecule has 18 heavy (non-hydrogen) atoms. The zero-order valence-corrected chi connectivity index (χ0v) is 12.1. The zero-order chi connectivity index (χ0) is 13.0. The van der Waals surface area contributed by atoms with Gasteiger partial charge < -0.3 is 10.1 Å². The van der Waals surface area contributed by atoms with E-state index in [0.29, 0.717) is 5.25 Å². The van der Waals surface area contributed by atoms with Gasteiger partial charge in [-0.15, -0.1) is 0 Å². The van der Waals surface area contributed by atoms with Crippen molar-refractivity contribution < 1.29 is 9.53 Å². The molecule has 0 aliphatic heterocycles. The number of nitrogens with zero attached hydrogens (tertiary/aromatic N) is 2. The Hall–Kier alpha value is -0.660. The lowest BCUT2D eigenvalue weighted by Gasteiger charge is -2.27. The van der Waals surface area contributed by atoms with Gasteiger partial charge in [-0.2, -0.15) is 4.37 Å². The molecule has 0 bridgehead atoms. The predicted molar refractivity (Wildman–Crippen MR) is 71.8 cm³/mol. The summed E-state index contributed by atoms with van der Waals surface area (Å²) in [6.07, 6.45) is 4.17. The highest BCUT2D eigenvalue weighted by atomic mass is 32.2. The zero-order valence-electron chi connectivity index (χ0n) is 10.5. The second-order valence-corrected chi connectivity index (χ2v) is 6.62. The molecule has 0 spiro atoms. The van der Waals surface area contributed by atoms with Crippen molar-refractivity contribution in [3.05, 3.63) is 6.33 Å². The summed E-state index contributed by atoms with van der Waals surface area (Å²) >= 11 is 3.11. The van der Waals surface area contributed by atoms with Crippen LogP contribution in [0.15, 0.2) is 10.7 Å². The Morgan fingerprint density at radius 1 is 1.78 bits per heavy atom. The van der Waals surface area contributed by atoms with Gasteiger partial charge in [0.05, 0.1) is 7.11 Å². The first-order chi connectivity index (χ1) is 8.70. The van der Waals surface area contributed by atoms with E-state index in [2.05, 4.69) is 14.7 Å². The van der Waals surface area contributed by atoms with Crippen molar-refractivity contribution in [2.45, 2.75) is 41.3 Å². The number of nitrogens with one attached hydrogen (secondary N) is 1. The van der Waals surface area contributed by atoms with Gasteiger partial charge in [0, 0.05) is 5.25 Å². The van der Waals surface area contributed by atoms with E-state index in [-0.39, 0.29) is 5.97 Å². The average Bonchev–Trinajstić information content (AvgIpc) is 3.00. The molecular formula is C11H17N3O2S2. The third-order valence-electron chi connectivity index (χ3n) is 3.17. The van der Waals surface area contributed by atoms with Gasteiger partial charge >= 0.3 is 5.97 Å². The molecule has 1 aromatic heterocycles. The highest BCUT2D eigenvalue weighted by Crippen LogP contribution is 2.40. The molecule has 1 aliphatic rings. The van der Waals surface area contributed by atoms with Gasteiger partial charge in [-0.05, 0) is 37.3 Å². The second kappa shape index (κ2) is 5.99. The van der Waals surface area contributed by atoms with Crippen LogP contribution in [0.5, 0.6) is 0 Å². The quantitative estimate of drug-likeness (QED) is 0.832. The summed E-state index contributed by atoms with van der Waals surface area (Å²) in [5.74, 6) is -0.148. The summed E-state index contributed by atoms with van der Waals surface area (Å²) in [5.41, 5.74) is -0.508. The molecule has 5 nitrogen and oxygen atoms in total. The van der Waals surface area contributed by atoms with E-state index in [4.69, 9.17) is 4.74 Å². The monoisotopic (exact) mass is 287 g/mol. The fraction of sp³-hybridized carbons (Fsp3) is 0.727. The van der Waals surface area contributed by atoms with Gasteiger partial charge in [-0.25, -0.2) is 4.98 Å². The average molecular weight is 287 g/mol. The molecule has 1 aliphatic carbocycles. The van der Waals surface area contributed by atoms with Crippen LogP contribution in [-0.4, -0.2) is 39.8 Å². The van der Waals surface area contributed by atoms with Crippen LogP contribution in [0.4, 0.5) is 0 Å². The van der Waals surface area contributed by atoms with Crippen LogP contribution in [-0.2, 0) is 9.53 Å². The van der Waals surface area contributed by atoms with E-state index in [9.17, 15) is 4.79 Å². The van der Waals surface area contributed by atoms with Crippen molar-refractivity contribution in [3.63, 3.8) is 0 Å². The summed E-state index contributed by atoms with van der Waals surface area (Å²) < 4.78 is 9.90. The molecule has 2 rings (SSSR count). The number of ether oxygens (including phenoxy) is 1. The summed E-state index contributed by atoms with van der Waals surface area (Å²) in [7, 11) is 1.45. The van der Waals surface area contributed by atoms with Crippen LogP contribution in [0.25, 0.3) is 0 Å². The first kappa shape index (κ1) is 13.8. The van der Waals surface area contributed by atoms with Gasteiger partial charge in [-0.1, -0.05) is 18.7 Å². The maximum atomic E-state index is 12.0. The van der Waals surface area contributed by atoms with Crippen molar-refractivity contribution in [1.29, 1.82) is 0 Å². The van der Waals surface area contributed by atoms with Gasteiger partial charge in [0.25, 0.3) is 0 Å². The fourth-order valence-corrected chi connectivity index (χ4v) is 4.40. The highest BCUT2D eigenvalue weighted by molar-refractivity contribution is 8.01. The number of esters is 1. The molecule has 0 saturated heterocycles. The molecule has 0 amide bonds. The standard InChI is InChI=1S/C11H17N3O2S2/c1-3-13-11(9(15)16-2)5-4-8(6-11)17-10-12-7-14-18-10/h7-8,13H,3-6H2,1-2H3. The fourth-order valence-electron chi connectivity index (χ4n) is 2.41. The summed E-state index contributed by atoms with van der Waals surface area (Å²) in [4.78, 5) is 16.1. The van der Waals surface area contributed by atoms with E-state index in [1.54, 1.807) is 18.1 Å². The smallest absolute Gasteiger partial charge is 0.326 e. The molecule has 100 valence electrons. The Bertz CT molecular complexity index is 399. The number of thioether (sulfide) groups is 1. The number of carbonyl (C=O) groups is 1. The Kier molecular flexibility index (Phi) is 4.58. The van der Waals surface area contributed by atoms with Crippen LogP contribution in [0.2, 0.25) is 0 Å². The Labute approximate surface area is 115 Å². The molecule has 1 N–H and O–H groups in total. The number of carbonyl (C=O) groups excluding carboxylic acids is 1. The van der Waals surface area contributed by atoms with Crippen LogP contribution >= 0.6 is 23.3 Å². The van der Waals surface area contributed by atoms with E-state index in [1.165, 1.54) is 18.6 Å². The molecule has 1 heterocycles. The third-order valence-corrected chi connectivity index (χ3v) is 5.19. The van der Waals surface area contributed by atoms with Crippen molar-refractivity contribution >= 4 is 29.3 Å². The van der Waals surface area contributed by atoms with Crippen LogP contribution in [0.3, 0.4) is 0 Å². The van der Waals surface area contributed by atoms with Crippen molar-refractivity contribution in [3.8, 4) is 0 Å². The normalized spacial score (nSPS) is 27.3. The van der Waals surface area contributed by atoms with Gasteiger partial charge in [0.1, 0.15) is 11.9 Å². The molecule has 2 atom stereocenters. The number of methoxy groups -OCH3 is 1. The molecule has 1 aromatic rings. The van der Waals surface area contributed by atoms with Crippen LogP contribution in [0.1, 0.15) is 26.2 Å². The molecule has 7 heteroatoms. The molecular weight excluding hydrogens is 270 g/mol. The molecule has 1 fully saturated rings. The largest absolute Gasteiger partial charge is 0.468 e. The number of hydrogen-bond donors (Lipinski definition) is 1. The Morgan fingerprint density at radius 2 is 2.61 bits per heavy atom. The summed E-state index contributed by atoms with van der Waals surface area (Å²) in [5, 5.41) is 3.70. The Morgan fingerprint density at radius 3 is 3.22 bits per heavy atom. The first-order valence-corrected chi connectivity index (χ1v) is 7.62. The first-order valence-electron chi connectivity index (χ1n) is 5.97. The maximum absolute atomic E-state index is 12.0. The van der Waals surface area contributed by atoms with Crippen molar-refractivity contribution in [2.24, 2.45) is 0 Å². The van der Waals surface area contributed by atoms with E-state index < -0.39 is 5.54 Å². The second-order valence-electron chi connectivity index (χ2n) is 4.29. The minimum absolute atomic E-state index is 0.148. The van der Waals surface area contributed by atoms with Gasteiger partial charge in [-0.3, -0.25) is 4.79 Å². The number of hydrogen-bond acceptors (Lipinski definition) is 7. The SMILES string of the molecule is CCNC1(C(=O)OC)CCC(Sc2ncns2)C1. The summed E-state index contributed by atoms with van der Waals surface area (Å²) in [6, 6.07) is 0. The lowest BCUT2D eigenvalue weighted by molar-refractivity contribution is -0.148.